The first-order valence-electron chi connectivity index (χ1n) is 13.6. The largest absolute Gasteiger partial charge is 0.494 e. The van der Waals surface area contributed by atoms with Crippen LogP contribution >= 0.6 is 0 Å². The molecule has 0 radical (unpaired) electrons. The number of carbonyl (C=O) groups excluding carboxylic acids is 2. The maximum Gasteiger partial charge on any atom is 0.258 e. The third-order valence-corrected chi connectivity index (χ3v) is 7.02. The molecule has 206 valence electrons. The summed E-state index contributed by atoms with van der Waals surface area (Å²) >= 11 is 0. The Morgan fingerprint density at radius 1 is 0.974 bits per heavy atom. The van der Waals surface area contributed by atoms with Crippen LogP contribution in [0.15, 0.2) is 67.0 Å². The zero-order valence-corrected chi connectivity index (χ0v) is 23.0. The average Bonchev–Trinajstić information content (AvgIpc) is 2.97. The highest BCUT2D eigenvalue weighted by Crippen LogP contribution is 2.27. The number of amides is 2. The van der Waals surface area contributed by atoms with Crippen LogP contribution in [0.5, 0.6) is 5.75 Å². The third kappa shape index (κ3) is 7.41. The van der Waals surface area contributed by atoms with Crippen LogP contribution < -0.4 is 9.64 Å². The molecule has 0 N–H and O–H groups in total. The monoisotopic (exact) mass is 532 g/mol. The van der Waals surface area contributed by atoms with Crippen LogP contribution in [0.3, 0.4) is 0 Å². The van der Waals surface area contributed by atoms with E-state index in [-0.39, 0.29) is 30.8 Å². The minimum atomic E-state index is -0.400. The van der Waals surface area contributed by atoms with E-state index in [0.29, 0.717) is 43.1 Å². The van der Waals surface area contributed by atoms with E-state index in [4.69, 9.17) is 4.74 Å². The molecule has 1 aliphatic rings. The van der Waals surface area contributed by atoms with Crippen molar-refractivity contribution in [3.8, 4) is 5.75 Å². The summed E-state index contributed by atoms with van der Waals surface area (Å²) in [4.78, 5) is 37.1. The van der Waals surface area contributed by atoms with Gasteiger partial charge in [0.25, 0.3) is 5.91 Å². The minimum Gasteiger partial charge on any atom is -0.494 e. The fraction of sp³-hybridized carbons (Fsp3) is 0.387. The van der Waals surface area contributed by atoms with Crippen molar-refractivity contribution in [1.29, 1.82) is 0 Å². The molecule has 0 spiro atoms. The number of halogens is 1. The van der Waals surface area contributed by atoms with Crippen molar-refractivity contribution in [2.24, 2.45) is 0 Å². The fourth-order valence-corrected chi connectivity index (χ4v) is 4.89. The maximum atomic E-state index is 14.6. The lowest BCUT2D eigenvalue weighted by atomic mass is 10.1. The lowest BCUT2D eigenvalue weighted by Crippen LogP contribution is -2.41. The summed E-state index contributed by atoms with van der Waals surface area (Å²) in [5.41, 5.74) is 2.62. The highest BCUT2D eigenvalue weighted by Gasteiger charge is 2.25. The van der Waals surface area contributed by atoms with Crippen LogP contribution in [0.1, 0.15) is 48.7 Å². The first kappa shape index (κ1) is 28.2. The molecule has 0 fully saturated rings. The molecule has 1 aromatic heterocycles. The smallest absolute Gasteiger partial charge is 0.258 e. The molecule has 8 heteroatoms. The van der Waals surface area contributed by atoms with Gasteiger partial charge in [-0.15, -0.1) is 0 Å². The minimum absolute atomic E-state index is 0.0515. The molecule has 39 heavy (non-hydrogen) atoms. The van der Waals surface area contributed by atoms with Gasteiger partial charge in [-0.3, -0.25) is 19.5 Å². The zero-order valence-electron chi connectivity index (χ0n) is 23.0. The van der Waals surface area contributed by atoms with Gasteiger partial charge in [-0.05, 0) is 80.8 Å². The molecular weight excluding hydrogens is 495 g/mol. The van der Waals surface area contributed by atoms with E-state index in [1.165, 1.54) is 12.1 Å². The quantitative estimate of drug-likeness (QED) is 0.450. The third-order valence-electron chi connectivity index (χ3n) is 7.02. The number of rotatable bonds is 6. The molecule has 0 aliphatic carbocycles. The van der Waals surface area contributed by atoms with Crippen LogP contribution in [-0.2, 0) is 17.8 Å². The number of nitrogens with zero attached hydrogens (tertiary/aromatic N) is 4. The van der Waals surface area contributed by atoms with E-state index < -0.39 is 5.82 Å². The number of ether oxygens (including phenoxy) is 1. The van der Waals surface area contributed by atoms with Gasteiger partial charge in [-0.2, -0.15) is 0 Å². The lowest BCUT2D eigenvalue weighted by molar-refractivity contribution is -0.131. The Morgan fingerprint density at radius 3 is 2.41 bits per heavy atom. The maximum absolute atomic E-state index is 14.6. The SMILES string of the molecule is CCOc1ccc(CC(=O)N2CCN(C(C)C)CCCN(C(=O)c3ccncc3)c3ccc(F)cc3C2)cc1. The van der Waals surface area contributed by atoms with Crippen LogP contribution in [-0.4, -0.2) is 65.4 Å². The zero-order chi connectivity index (χ0) is 27.8. The summed E-state index contributed by atoms with van der Waals surface area (Å²) in [6, 6.07) is 15.6. The summed E-state index contributed by atoms with van der Waals surface area (Å²) in [6.07, 6.45) is 4.14. The van der Waals surface area contributed by atoms with Crippen LogP contribution in [0, 0.1) is 5.82 Å². The number of fused-ring (bicyclic) bond motifs is 1. The highest BCUT2D eigenvalue weighted by molar-refractivity contribution is 6.06. The van der Waals surface area contributed by atoms with Crippen LogP contribution in [0.2, 0.25) is 0 Å². The Morgan fingerprint density at radius 2 is 1.72 bits per heavy atom. The molecule has 4 rings (SSSR count). The van der Waals surface area contributed by atoms with Gasteiger partial charge in [0.2, 0.25) is 5.91 Å². The van der Waals surface area contributed by atoms with Crippen molar-refractivity contribution in [1.82, 2.24) is 14.8 Å². The summed E-state index contributed by atoms with van der Waals surface area (Å²) in [6.45, 7) is 9.42. The fourth-order valence-electron chi connectivity index (χ4n) is 4.89. The summed E-state index contributed by atoms with van der Waals surface area (Å²) < 4.78 is 20.1. The van der Waals surface area contributed by atoms with Gasteiger partial charge in [0.05, 0.1) is 13.0 Å². The Balaban J connectivity index is 1.67. The van der Waals surface area contributed by atoms with E-state index in [2.05, 4.69) is 23.7 Å². The first-order chi connectivity index (χ1) is 18.9. The average molecular weight is 533 g/mol. The predicted molar refractivity (Wildman–Crippen MR) is 150 cm³/mol. The number of pyridine rings is 1. The van der Waals surface area contributed by atoms with E-state index in [1.54, 1.807) is 40.4 Å². The number of anilines is 1. The number of carbonyl (C=O) groups is 2. The highest BCUT2D eigenvalue weighted by atomic mass is 19.1. The van der Waals surface area contributed by atoms with Crippen molar-refractivity contribution in [3.63, 3.8) is 0 Å². The van der Waals surface area contributed by atoms with E-state index in [1.807, 2.05) is 31.2 Å². The van der Waals surface area contributed by atoms with Crippen molar-refractivity contribution >= 4 is 17.5 Å². The lowest BCUT2D eigenvalue weighted by Gasteiger charge is -2.30. The van der Waals surface area contributed by atoms with Gasteiger partial charge in [0.1, 0.15) is 11.6 Å². The molecule has 1 aliphatic heterocycles. The Labute approximate surface area is 230 Å². The van der Waals surface area contributed by atoms with Crippen LogP contribution in [0.25, 0.3) is 0 Å². The molecule has 0 saturated carbocycles. The number of hydrogen-bond donors (Lipinski definition) is 0. The molecular formula is C31H37FN4O3. The number of benzene rings is 2. The Hall–Kier alpha value is -3.78. The molecule has 2 heterocycles. The second kappa shape index (κ2) is 13.3. The first-order valence-corrected chi connectivity index (χ1v) is 13.6. The van der Waals surface area contributed by atoms with E-state index >= 15 is 0 Å². The number of aromatic nitrogens is 1. The van der Waals surface area contributed by atoms with Crippen molar-refractivity contribution in [2.45, 2.75) is 46.2 Å². The Bertz CT molecular complexity index is 1250. The molecule has 0 unspecified atom stereocenters. The summed E-state index contributed by atoms with van der Waals surface area (Å²) in [5, 5.41) is 0. The standard InChI is InChI=1S/C31H37FN4O3/c1-4-39-28-9-6-24(7-10-28)20-30(37)35-19-18-34(23(2)3)16-5-17-36(31(38)25-12-14-33-15-13-25)29-11-8-27(32)21-26(29)22-35/h6-15,21,23H,4-5,16-20,22H2,1-3H3. The van der Waals surface area contributed by atoms with Gasteiger partial charge >= 0.3 is 0 Å². The second-order valence-electron chi connectivity index (χ2n) is 10.0. The van der Waals surface area contributed by atoms with Gasteiger partial charge in [-0.25, -0.2) is 4.39 Å². The van der Waals surface area contributed by atoms with Gasteiger partial charge in [-0.1, -0.05) is 12.1 Å². The Kier molecular flexibility index (Phi) is 9.65. The molecule has 0 atom stereocenters. The van der Waals surface area contributed by atoms with Crippen molar-refractivity contribution in [2.75, 3.05) is 37.7 Å². The molecule has 0 saturated heterocycles. The van der Waals surface area contributed by atoms with Crippen molar-refractivity contribution < 1.29 is 18.7 Å². The van der Waals surface area contributed by atoms with Gasteiger partial charge in [0.15, 0.2) is 0 Å². The normalized spacial score (nSPS) is 15.0. The van der Waals surface area contributed by atoms with Gasteiger partial charge in [0, 0.05) is 62.4 Å². The second-order valence-corrected chi connectivity index (χ2v) is 10.0. The molecule has 7 nitrogen and oxygen atoms in total. The predicted octanol–water partition coefficient (Wildman–Crippen LogP) is 4.95. The van der Waals surface area contributed by atoms with Gasteiger partial charge < -0.3 is 14.5 Å². The van der Waals surface area contributed by atoms with E-state index in [0.717, 1.165) is 24.3 Å². The summed E-state index contributed by atoms with van der Waals surface area (Å²) in [5.74, 6) is 0.139. The van der Waals surface area contributed by atoms with E-state index in [9.17, 15) is 14.0 Å². The van der Waals surface area contributed by atoms with Crippen molar-refractivity contribution in [3.05, 3.63) is 89.5 Å². The molecule has 2 amide bonds. The molecule has 3 aromatic rings. The van der Waals surface area contributed by atoms with Crippen LogP contribution in [0.4, 0.5) is 10.1 Å². The molecule has 2 aromatic carbocycles. The summed E-state index contributed by atoms with van der Waals surface area (Å²) in [7, 11) is 0. The molecule has 0 bridgehead atoms. The topological polar surface area (TPSA) is 66.0 Å². The number of hydrogen-bond acceptors (Lipinski definition) is 5.